The number of rotatable bonds is 2. The molecule has 5 nitrogen and oxygen atoms in total. The van der Waals surface area contributed by atoms with Crippen molar-refractivity contribution in [2.24, 2.45) is 0 Å². The summed E-state index contributed by atoms with van der Waals surface area (Å²) in [6.07, 6.45) is 1.49. The molecule has 0 amide bonds. The highest BCUT2D eigenvalue weighted by Crippen LogP contribution is 2.09. The van der Waals surface area contributed by atoms with Gasteiger partial charge in [-0.2, -0.15) is 12.7 Å². The van der Waals surface area contributed by atoms with Crippen LogP contribution in [-0.4, -0.2) is 35.8 Å². The van der Waals surface area contributed by atoms with Crippen LogP contribution in [0.3, 0.4) is 0 Å². The summed E-state index contributed by atoms with van der Waals surface area (Å²) in [5.41, 5.74) is 0. The molecule has 13 heavy (non-hydrogen) atoms. The third-order valence-corrected chi connectivity index (χ3v) is 3.83. The van der Waals surface area contributed by atoms with Crippen molar-refractivity contribution in [3.05, 3.63) is 15.7 Å². The Labute approximate surface area is 91.1 Å². The van der Waals surface area contributed by atoms with Gasteiger partial charge in [-0.3, -0.25) is 0 Å². The minimum atomic E-state index is -3.40. The zero-order chi connectivity index (χ0) is 10.2. The average molecular weight is 315 g/mol. The first kappa shape index (κ1) is 10.9. The molecule has 0 unspecified atom stereocenters. The van der Waals surface area contributed by atoms with E-state index in [-0.39, 0.29) is 0 Å². The van der Waals surface area contributed by atoms with Gasteiger partial charge in [-0.25, -0.2) is 8.96 Å². The second-order valence-corrected chi connectivity index (χ2v) is 5.82. The normalized spacial score (nSPS) is 12.4. The van der Waals surface area contributed by atoms with Gasteiger partial charge in [0.15, 0.2) is 0 Å². The van der Waals surface area contributed by atoms with Crippen molar-refractivity contribution in [2.45, 2.75) is 6.92 Å². The van der Waals surface area contributed by atoms with Gasteiger partial charge in [0.25, 0.3) is 0 Å². The van der Waals surface area contributed by atoms with Crippen LogP contribution in [-0.2, 0) is 10.2 Å². The van der Waals surface area contributed by atoms with Crippen LogP contribution in [0.5, 0.6) is 0 Å². The van der Waals surface area contributed by atoms with Crippen molar-refractivity contribution >= 4 is 32.8 Å². The number of aromatic nitrogens is 2. The molecule has 0 N–H and O–H groups in total. The molecule has 0 bridgehead atoms. The summed E-state index contributed by atoms with van der Waals surface area (Å²) in [5, 5.41) is 0. The smallest absolute Gasteiger partial charge is 0.226 e. The highest BCUT2D eigenvalue weighted by Gasteiger charge is 2.18. The van der Waals surface area contributed by atoms with Crippen LogP contribution < -0.4 is 0 Å². The lowest BCUT2D eigenvalue weighted by molar-refractivity contribution is 0.509. The van der Waals surface area contributed by atoms with E-state index in [4.69, 9.17) is 0 Å². The molecule has 1 rings (SSSR count). The van der Waals surface area contributed by atoms with Gasteiger partial charge in [0.2, 0.25) is 0 Å². The van der Waals surface area contributed by atoms with Crippen molar-refractivity contribution < 1.29 is 8.42 Å². The van der Waals surface area contributed by atoms with Gasteiger partial charge in [-0.1, -0.05) is 0 Å². The molecule has 0 spiro atoms. The highest BCUT2D eigenvalue weighted by molar-refractivity contribution is 14.1. The lowest BCUT2D eigenvalue weighted by Crippen LogP contribution is -2.29. The summed E-state index contributed by atoms with van der Waals surface area (Å²) in [7, 11) is -0.429. The molecule has 0 fully saturated rings. The van der Waals surface area contributed by atoms with Gasteiger partial charge in [0.05, 0.1) is 6.20 Å². The second kappa shape index (κ2) is 3.54. The van der Waals surface area contributed by atoms with E-state index in [0.717, 1.165) is 8.28 Å². The van der Waals surface area contributed by atoms with Gasteiger partial charge < -0.3 is 0 Å². The second-order valence-electron chi connectivity index (χ2n) is 2.70. The molecule has 0 aliphatic rings. The molecule has 1 aromatic heterocycles. The lowest BCUT2D eigenvalue weighted by Gasteiger charge is -2.12. The monoisotopic (exact) mass is 315 g/mol. The van der Waals surface area contributed by atoms with E-state index in [2.05, 4.69) is 4.98 Å². The van der Waals surface area contributed by atoms with E-state index in [1.807, 2.05) is 22.6 Å². The van der Waals surface area contributed by atoms with Crippen molar-refractivity contribution in [1.82, 2.24) is 13.3 Å². The molecule has 1 heterocycles. The molecule has 0 aromatic carbocycles. The van der Waals surface area contributed by atoms with Crippen molar-refractivity contribution in [3.63, 3.8) is 0 Å². The van der Waals surface area contributed by atoms with Crippen LogP contribution in [0.4, 0.5) is 0 Å². The van der Waals surface area contributed by atoms with Crippen molar-refractivity contribution in [2.75, 3.05) is 14.1 Å². The summed E-state index contributed by atoms with van der Waals surface area (Å²) in [5.74, 6) is 0.470. The fourth-order valence-electron chi connectivity index (χ4n) is 0.832. The number of aryl methyl sites for hydroxylation is 1. The minimum absolute atomic E-state index is 0.470. The van der Waals surface area contributed by atoms with Crippen LogP contribution >= 0.6 is 22.6 Å². The molecule has 0 saturated carbocycles. The maximum absolute atomic E-state index is 11.6. The van der Waals surface area contributed by atoms with Crippen molar-refractivity contribution in [3.8, 4) is 0 Å². The third-order valence-electron chi connectivity index (χ3n) is 1.52. The fraction of sp³-hybridized carbons (Fsp3) is 0.500. The summed E-state index contributed by atoms with van der Waals surface area (Å²) in [4.78, 5) is 4.00. The predicted octanol–water partition coefficient (Wildman–Crippen LogP) is 0.451. The molecule has 0 aliphatic carbocycles. The molecular formula is C6H10IN3O2S. The molecule has 0 radical (unpaired) electrons. The first-order valence-corrected chi connectivity index (χ1v) is 5.98. The number of hydrogen-bond acceptors (Lipinski definition) is 3. The Morgan fingerprint density at radius 3 is 2.38 bits per heavy atom. The largest absolute Gasteiger partial charge is 0.308 e. The number of halogens is 1. The van der Waals surface area contributed by atoms with E-state index in [1.54, 1.807) is 6.92 Å². The summed E-state index contributed by atoms with van der Waals surface area (Å²) >= 11 is 1.97. The van der Waals surface area contributed by atoms with E-state index < -0.39 is 10.2 Å². The van der Waals surface area contributed by atoms with Crippen LogP contribution in [0.25, 0.3) is 0 Å². The number of imidazole rings is 1. The summed E-state index contributed by atoms with van der Waals surface area (Å²) in [6.45, 7) is 1.66. The minimum Gasteiger partial charge on any atom is -0.226 e. The van der Waals surface area contributed by atoms with E-state index in [1.165, 1.54) is 20.3 Å². The lowest BCUT2D eigenvalue weighted by atomic mass is 10.8. The van der Waals surface area contributed by atoms with Gasteiger partial charge >= 0.3 is 10.2 Å². The Hall–Kier alpha value is -0.150. The van der Waals surface area contributed by atoms with E-state index in [0.29, 0.717) is 9.53 Å². The summed E-state index contributed by atoms with van der Waals surface area (Å²) < 4.78 is 26.2. The molecule has 0 saturated heterocycles. The fourth-order valence-corrected chi connectivity index (χ4v) is 2.61. The van der Waals surface area contributed by atoms with Crippen LogP contribution in [0.15, 0.2) is 6.20 Å². The quantitative estimate of drug-likeness (QED) is 0.745. The molecule has 0 atom stereocenters. The van der Waals surface area contributed by atoms with Gasteiger partial charge in [-0.15, -0.1) is 0 Å². The van der Waals surface area contributed by atoms with E-state index in [9.17, 15) is 8.42 Å². The Morgan fingerprint density at radius 2 is 2.08 bits per heavy atom. The number of hydrogen-bond donors (Lipinski definition) is 0. The maximum Gasteiger partial charge on any atom is 0.308 e. The zero-order valence-electron chi connectivity index (χ0n) is 7.52. The van der Waals surface area contributed by atoms with Gasteiger partial charge in [0, 0.05) is 14.1 Å². The molecule has 0 aliphatic heterocycles. The maximum atomic E-state index is 11.6. The van der Waals surface area contributed by atoms with Gasteiger partial charge in [0.1, 0.15) is 9.53 Å². The Morgan fingerprint density at radius 1 is 1.54 bits per heavy atom. The molecule has 7 heteroatoms. The van der Waals surface area contributed by atoms with Crippen molar-refractivity contribution in [1.29, 1.82) is 0 Å². The summed E-state index contributed by atoms with van der Waals surface area (Å²) in [6, 6.07) is 0. The molecular weight excluding hydrogens is 305 g/mol. The Kier molecular flexibility index (Phi) is 2.98. The molecule has 1 aromatic rings. The average Bonchev–Trinajstić information content (AvgIpc) is 2.30. The predicted molar refractivity (Wildman–Crippen MR) is 57.7 cm³/mol. The third kappa shape index (κ3) is 2.02. The van der Waals surface area contributed by atoms with Crippen LogP contribution in [0, 0.1) is 10.6 Å². The SMILES string of the molecule is Cc1nc(I)cn1S(=O)(=O)N(C)C. The Bertz CT molecular complexity index is 410. The standard InChI is InChI=1S/C6H10IN3O2S/c1-5-8-6(7)4-10(5)13(11,12)9(2)3/h4H,1-3H3. The zero-order valence-corrected chi connectivity index (χ0v) is 10.5. The Balaban J connectivity index is 3.31. The van der Waals surface area contributed by atoms with E-state index >= 15 is 0 Å². The molecule has 74 valence electrons. The first-order chi connectivity index (χ1) is 5.85. The number of nitrogens with zero attached hydrogens (tertiary/aromatic N) is 3. The van der Waals surface area contributed by atoms with Crippen LogP contribution in [0.1, 0.15) is 5.82 Å². The first-order valence-electron chi connectivity index (χ1n) is 3.50. The van der Waals surface area contributed by atoms with Crippen LogP contribution in [0.2, 0.25) is 0 Å². The van der Waals surface area contributed by atoms with Gasteiger partial charge in [-0.05, 0) is 29.5 Å². The topological polar surface area (TPSA) is 55.2 Å². The highest BCUT2D eigenvalue weighted by atomic mass is 127.